The number of amides is 1. The summed E-state index contributed by atoms with van der Waals surface area (Å²) in [4.78, 5) is 12.5. The zero-order valence-corrected chi connectivity index (χ0v) is 16.3. The second kappa shape index (κ2) is 8.67. The van der Waals surface area contributed by atoms with Crippen LogP contribution >= 0.6 is 0 Å². The third-order valence-electron chi connectivity index (χ3n) is 5.57. The van der Waals surface area contributed by atoms with Gasteiger partial charge in [0.1, 0.15) is 5.82 Å². The maximum absolute atomic E-state index is 13.4. The number of sulfonamides is 1. The summed E-state index contributed by atoms with van der Waals surface area (Å²) in [5, 5.41) is 3.05. The quantitative estimate of drug-likeness (QED) is 0.796. The van der Waals surface area contributed by atoms with E-state index in [1.165, 1.54) is 22.9 Å². The number of piperidine rings is 1. The second-order valence-electron chi connectivity index (χ2n) is 7.50. The molecular formula is C19H28FN3O3S. The Bertz CT molecular complexity index is 778. The molecule has 0 radical (unpaired) electrons. The minimum atomic E-state index is -3.78. The van der Waals surface area contributed by atoms with Gasteiger partial charge >= 0.3 is 0 Å². The highest BCUT2D eigenvalue weighted by molar-refractivity contribution is 7.89. The van der Waals surface area contributed by atoms with Gasteiger partial charge in [-0.1, -0.05) is 19.3 Å². The molecule has 8 heteroatoms. The lowest BCUT2D eigenvalue weighted by molar-refractivity contribution is -0.126. The molecule has 0 bridgehead atoms. The largest absolute Gasteiger partial charge is 0.352 e. The Morgan fingerprint density at radius 1 is 1.19 bits per heavy atom. The number of nitrogens with two attached hydrogens (primary N) is 1. The zero-order valence-electron chi connectivity index (χ0n) is 15.5. The maximum Gasteiger partial charge on any atom is 0.243 e. The maximum atomic E-state index is 13.4. The van der Waals surface area contributed by atoms with Crippen molar-refractivity contribution >= 4 is 15.9 Å². The highest BCUT2D eigenvalue weighted by atomic mass is 32.2. The molecule has 1 atom stereocenters. The highest BCUT2D eigenvalue weighted by Gasteiger charge is 2.33. The number of rotatable bonds is 5. The summed E-state index contributed by atoms with van der Waals surface area (Å²) in [5.74, 6) is -0.416. The monoisotopic (exact) mass is 397 g/mol. The normalized spacial score (nSPS) is 22.5. The Morgan fingerprint density at radius 3 is 2.63 bits per heavy atom. The third-order valence-corrected chi connectivity index (χ3v) is 7.53. The van der Waals surface area contributed by atoms with E-state index in [0.29, 0.717) is 13.0 Å². The first-order chi connectivity index (χ1) is 12.9. The van der Waals surface area contributed by atoms with E-state index in [2.05, 4.69) is 5.32 Å². The van der Waals surface area contributed by atoms with E-state index >= 15 is 0 Å². The molecule has 3 rings (SSSR count). The molecule has 2 fully saturated rings. The average Bonchev–Trinajstić information content (AvgIpc) is 2.68. The Hall–Kier alpha value is -1.51. The number of hydrogen-bond acceptors (Lipinski definition) is 4. The van der Waals surface area contributed by atoms with E-state index in [9.17, 15) is 17.6 Å². The number of nitrogens with one attached hydrogen (secondary N) is 1. The van der Waals surface area contributed by atoms with Gasteiger partial charge < -0.3 is 11.1 Å². The van der Waals surface area contributed by atoms with Gasteiger partial charge in [-0.15, -0.1) is 0 Å². The van der Waals surface area contributed by atoms with Gasteiger partial charge in [0, 0.05) is 31.6 Å². The summed E-state index contributed by atoms with van der Waals surface area (Å²) < 4.78 is 40.9. The predicted octanol–water partition coefficient (Wildman–Crippen LogP) is 2.13. The van der Waals surface area contributed by atoms with Crippen molar-refractivity contribution in [2.75, 3.05) is 13.1 Å². The average molecular weight is 398 g/mol. The molecule has 1 aromatic carbocycles. The van der Waals surface area contributed by atoms with Crippen LogP contribution in [0.15, 0.2) is 23.1 Å². The molecule has 1 aliphatic carbocycles. The Morgan fingerprint density at radius 2 is 1.93 bits per heavy atom. The first-order valence-corrected chi connectivity index (χ1v) is 11.1. The van der Waals surface area contributed by atoms with Crippen molar-refractivity contribution in [2.45, 2.75) is 62.4 Å². The van der Waals surface area contributed by atoms with Gasteiger partial charge in [0.25, 0.3) is 0 Å². The molecule has 1 heterocycles. The van der Waals surface area contributed by atoms with E-state index in [0.717, 1.165) is 38.2 Å². The SMILES string of the molecule is NCc1cc(F)ccc1S(=O)(=O)N1CCC[C@H](NC(=O)C2CCCCC2)C1. The fourth-order valence-corrected chi connectivity index (χ4v) is 5.80. The molecule has 1 aliphatic heterocycles. The van der Waals surface area contributed by atoms with Crippen LogP contribution in [0, 0.1) is 11.7 Å². The fraction of sp³-hybridized carbons (Fsp3) is 0.632. The summed E-state index contributed by atoms with van der Waals surface area (Å²) in [5.41, 5.74) is 5.88. The van der Waals surface area contributed by atoms with Crippen LogP contribution in [0.2, 0.25) is 0 Å². The number of benzene rings is 1. The molecule has 1 saturated heterocycles. The van der Waals surface area contributed by atoms with Crippen LogP contribution in [0.3, 0.4) is 0 Å². The molecule has 1 saturated carbocycles. The second-order valence-corrected chi connectivity index (χ2v) is 9.41. The summed E-state index contributed by atoms with van der Waals surface area (Å²) in [6, 6.07) is 3.39. The van der Waals surface area contributed by atoms with Crippen molar-refractivity contribution in [1.82, 2.24) is 9.62 Å². The van der Waals surface area contributed by atoms with E-state index in [1.54, 1.807) is 0 Å². The minimum Gasteiger partial charge on any atom is -0.352 e. The van der Waals surface area contributed by atoms with Crippen molar-refractivity contribution in [1.29, 1.82) is 0 Å². The van der Waals surface area contributed by atoms with E-state index in [4.69, 9.17) is 5.73 Å². The molecule has 150 valence electrons. The van der Waals surface area contributed by atoms with Crippen LogP contribution in [0.4, 0.5) is 4.39 Å². The van der Waals surface area contributed by atoms with Crippen LogP contribution in [0.5, 0.6) is 0 Å². The summed E-state index contributed by atoms with van der Waals surface area (Å²) in [6.07, 6.45) is 6.60. The summed E-state index contributed by atoms with van der Waals surface area (Å²) in [7, 11) is -3.78. The summed E-state index contributed by atoms with van der Waals surface area (Å²) >= 11 is 0. The minimum absolute atomic E-state index is 0.0448. The fourth-order valence-electron chi connectivity index (χ4n) is 4.06. The number of nitrogens with zero attached hydrogens (tertiary/aromatic N) is 1. The van der Waals surface area contributed by atoms with Gasteiger partial charge in [0.05, 0.1) is 4.90 Å². The molecule has 1 aromatic rings. The van der Waals surface area contributed by atoms with Gasteiger partial charge in [-0.2, -0.15) is 4.31 Å². The van der Waals surface area contributed by atoms with Gasteiger partial charge in [-0.25, -0.2) is 12.8 Å². The molecule has 6 nitrogen and oxygen atoms in total. The Labute approximate surface area is 160 Å². The molecule has 0 aromatic heterocycles. The number of hydrogen-bond donors (Lipinski definition) is 2. The number of carbonyl (C=O) groups excluding carboxylic acids is 1. The van der Waals surface area contributed by atoms with Crippen LogP contribution in [-0.2, 0) is 21.4 Å². The molecule has 27 heavy (non-hydrogen) atoms. The molecule has 2 aliphatic rings. The van der Waals surface area contributed by atoms with E-state index in [-0.39, 0.29) is 41.4 Å². The lowest BCUT2D eigenvalue weighted by atomic mass is 9.88. The molecule has 0 spiro atoms. The Kier molecular flexibility index (Phi) is 6.49. The molecule has 0 unspecified atom stereocenters. The number of halogens is 1. The third kappa shape index (κ3) is 4.67. The lowest BCUT2D eigenvalue weighted by Gasteiger charge is -2.34. The van der Waals surface area contributed by atoms with Crippen LogP contribution in [-0.4, -0.2) is 37.8 Å². The van der Waals surface area contributed by atoms with Crippen molar-refractivity contribution in [2.24, 2.45) is 11.7 Å². The van der Waals surface area contributed by atoms with Crippen LogP contribution < -0.4 is 11.1 Å². The van der Waals surface area contributed by atoms with Gasteiger partial charge in [0.2, 0.25) is 15.9 Å². The van der Waals surface area contributed by atoms with Crippen LogP contribution in [0.1, 0.15) is 50.5 Å². The molecule has 1 amide bonds. The van der Waals surface area contributed by atoms with E-state index in [1.807, 2.05) is 0 Å². The predicted molar refractivity (Wildman–Crippen MR) is 101 cm³/mol. The van der Waals surface area contributed by atoms with Gasteiger partial charge in [-0.05, 0) is 49.4 Å². The summed E-state index contributed by atoms with van der Waals surface area (Å²) in [6.45, 7) is 0.573. The standard InChI is InChI=1S/C19H28FN3O3S/c20-16-8-9-18(15(11-16)12-21)27(25,26)23-10-4-7-17(13-23)22-19(24)14-5-2-1-3-6-14/h8-9,11,14,17H,1-7,10,12-13,21H2,(H,22,24)/t17-/m0/s1. The molecule has 3 N–H and O–H groups in total. The topological polar surface area (TPSA) is 92.5 Å². The highest BCUT2D eigenvalue weighted by Crippen LogP contribution is 2.26. The Balaban J connectivity index is 1.70. The first kappa shape index (κ1) is 20.2. The lowest BCUT2D eigenvalue weighted by Crippen LogP contribution is -2.51. The molecular weight excluding hydrogens is 369 g/mol. The van der Waals surface area contributed by atoms with Crippen molar-refractivity contribution in [3.63, 3.8) is 0 Å². The zero-order chi connectivity index (χ0) is 19.4. The van der Waals surface area contributed by atoms with Gasteiger partial charge in [-0.3, -0.25) is 4.79 Å². The van der Waals surface area contributed by atoms with Crippen LogP contribution in [0.25, 0.3) is 0 Å². The first-order valence-electron chi connectivity index (χ1n) is 9.71. The van der Waals surface area contributed by atoms with Crippen molar-refractivity contribution in [3.05, 3.63) is 29.6 Å². The number of carbonyl (C=O) groups is 1. The smallest absolute Gasteiger partial charge is 0.243 e. The van der Waals surface area contributed by atoms with Crippen molar-refractivity contribution < 1.29 is 17.6 Å². The van der Waals surface area contributed by atoms with E-state index < -0.39 is 15.8 Å². The van der Waals surface area contributed by atoms with Crippen molar-refractivity contribution in [3.8, 4) is 0 Å². The van der Waals surface area contributed by atoms with Gasteiger partial charge in [0.15, 0.2) is 0 Å².